The fourth-order valence-electron chi connectivity index (χ4n) is 2.29. The van der Waals surface area contributed by atoms with Crippen molar-refractivity contribution in [1.29, 1.82) is 0 Å². The predicted molar refractivity (Wildman–Crippen MR) is 99.1 cm³/mol. The number of nitro benzene ring substituents is 1. The summed E-state index contributed by atoms with van der Waals surface area (Å²) in [6, 6.07) is 6.54. The van der Waals surface area contributed by atoms with E-state index in [4.69, 9.17) is 0 Å². The van der Waals surface area contributed by atoms with Crippen LogP contribution in [0.25, 0.3) is 0 Å². The molecule has 0 radical (unpaired) electrons. The number of non-ortho nitro benzene ring substituents is 1. The van der Waals surface area contributed by atoms with Gasteiger partial charge in [-0.3, -0.25) is 10.1 Å². The van der Waals surface area contributed by atoms with Gasteiger partial charge >= 0.3 is 6.18 Å². The topological polar surface area (TPSA) is 96.2 Å². The number of hydrogen-bond acceptors (Lipinski definition) is 7. The Bertz CT molecular complexity index is 796. The summed E-state index contributed by atoms with van der Waals surface area (Å²) < 4.78 is 39.3. The number of rotatable bonds is 9. The number of nitro groups is 1. The molecule has 1 aromatic carbocycles. The molecule has 0 saturated carbocycles. The van der Waals surface area contributed by atoms with Crippen molar-refractivity contribution in [3.05, 3.63) is 51.7 Å². The molecule has 0 unspecified atom stereocenters. The summed E-state index contributed by atoms with van der Waals surface area (Å²) in [6.07, 6.45) is -3.88. The SMILES string of the molecule is CN(C)CCCNc1nc(NCc2ccc([N+](=O)[O-])cc2)cc(C(F)(F)F)n1. The highest BCUT2D eigenvalue weighted by atomic mass is 19.4. The number of nitrogens with one attached hydrogen (secondary N) is 2. The minimum absolute atomic E-state index is 0.00999. The van der Waals surface area contributed by atoms with Crippen LogP contribution in [0.3, 0.4) is 0 Å². The Morgan fingerprint density at radius 3 is 2.39 bits per heavy atom. The molecular weight excluding hydrogens is 377 g/mol. The Morgan fingerprint density at radius 2 is 1.82 bits per heavy atom. The molecule has 0 amide bonds. The van der Waals surface area contributed by atoms with E-state index >= 15 is 0 Å². The minimum atomic E-state index is -4.60. The summed E-state index contributed by atoms with van der Waals surface area (Å²) in [7, 11) is 3.81. The first-order chi connectivity index (χ1) is 13.1. The molecule has 28 heavy (non-hydrogen) atoms. The fourth-order valence-corrected chi connectivity index (χ4v) is 2.29. The highest BCUT2D eigenvalue weighted by Crippen LogP contribution is 2.29. The fraction of sp³-hybridized carbons (Fsp3) is 0.412. The van der Waals surface area contributed by atoms with Gasteiger partial charge < -0.3 is 15.5 Å². The Balaban J connectivity index is 2.08. The molecule has 8 nitrogen and oxygen atoms in total. The van der Waals surface area contributed by atoms with Crippen LogP contribution < -0.4 is 10.6 Å². The van der Waals surface area contributed by atoms with E-state index in [-0.39, 0.29) is 24.0 Å². The van der Waals surface area contributed by atoms with Crippen LogP contribution in [0, 0.1) is 10.1 Å². The zero-order valence-electron chi connectivity index (χ0n) is 15.5. The summed E-state index contributed by atoms with van der Waals surface area (Å²) >= 11 is 0. The standard InChI is InChI=1S/C17H21F3N6O2/c1-25(2)9-3-8-21-16-23-14(17(18,19)20)10-15(24-16)22-11-12-4-6-13(7-5-12)26(27)28/h4-7,10H,3,8-9,11H2,1-2H3,(H2,21,22,23,24). The Hall–Kier alpha value is -2.95. The van der Waals surface area contributed by atoms with E-state index < -0.39 is 16.8 Å². The third-order valence-electron chi connectivity index (χ3n) is 3.70. The van der Waals surface area contributed by atoms with Gasteiger partial charge in [0.05, 0.1) is 4.92 Å². The van der Waals surface area contributed by atoms with Gasteiger partial charge in [-0.1, -0.05) is 12.1 Å². The summed E-state index contributed by atoms with van der Waals surface area (Å²) in [6.45, 7) is 1.37. The molecule has 0 aliphatic rings. The number of alkyl halides is 3. The predicted octanol–water partition coefficient (Wildman–Crippen LogP) is 3.38. The van der Waals surface area contributed by atoms with Crippen molar-refractivity contribution >= 4 is 17.5 Å². The third-order valence-corrected chi connectivity index (χ3v) is 3.70. The molecule has 2 N–H and O–H groups in total. The van der Waals surface area contributed by atoms with Gasteiger partial charge in [0.15, 0.2) is 5.69 Å². The van der Waals surface area contributed by atoms with E-state index in [1.807, 2.05) is 19.0 Å². The lowest BCUT2D eigenvalue weighted by molar-refractivity contribution is -0.384. The lowest BCUT2D eigenvalue weighted by Crippen LogP contribution is -2.18. The van der Waals surface area contributed by atoms with Gasteiger partial charge in [-0.25, -0.2) is 4.98 Å². The molecule has 11 heteroatoms. The quantitative estimate of drug-likeness (QED) is 0.380. The Kier molecular flexibility index (Phi) is 7.10. The van der Waals surface area contributed by atoms with Gasteiger partial charge in [0.25, 0.3) is 5.69 Å². The Labute approximate surface area is 159 Å². The van der Waals surface area contributed by atoms with Crippen LogP contribution in [0.4, 0.5) is 30.6 Å². The van der Waals surface area contributed by atoms with E-state index in [9.17, 15) is 23.3 Å². The first-order valence-corrected chi connectivity index (χ1v) is 8.47. The molecule has 1 aromatic heterocycles. The number of nitrogens with zero attached hydrogens (tertiary/aromatic N) is 4. The zero-order chi connectivity index (χ0) is 20.7. The van der Waals surface area contributed by atoms with Crippen molar-refractivity contribution in [3.8, 4) is 0 Å². The molecule has 2 aromatic rings. The first-order valence-electron chi connectivity index (χ1n) is 8.47. The number of aromatic nitrogens is 2. The van der Waals surface area contributed by atoms with E-state index in [2.05, 4.69) is 20.6 Å². The van der Waals surface area contributed by atoms with Gasteiger partial charge in [0.2, 0.25) is 5.95 Å². The lowest BCUT2D eigenvalue weighted by atomic mass is 10.2. The average Bonchev–Trinajstić information content (AvgIpc) is 2.63. The molecule has 0 fully saturated rings. The minimum Gasteiger partial charge on any atom is -0.366 e. The smallest absolute Gasteiger partial charge is 0.366 e. The highest BCUT2D eigenvalue weighted by Gasteiger charge is 2.33. The third kappa shape index (κ3) is 6.65. The molecule has 0 aliphatic heterocycles. The van der Waals surface area contributed by atoms with Crippen molar-refractivity contribution in [2.24, 2.45) is 0 Å². The molecule has 0 spiro atoms. The maximum atomic E-state index is 13.1. The Morgan fingerprint density at radius 1 is 1.14 bits per heavy atom. The monoisotopic (exact) mass is 398 g/mol. The van der Waals surface area contributed by atoms with Crippen molar-refractivity contribution in [3.63, 3.8) is 0 Å². The normalized spacial score (nSPS) is 11.5. The second-order valence-electron chi connectivity index (χ2n) is 6.32. The number of halogens is 3. The van der Waals surface area contributed by atoms with E-state index in [1.165, 1.54) is 24.3 Å². The number of benzene rings is 1. The van der Waals surface area contributed by atoms with Gasteiger partial charge in [0, 0.05) is 31.3 Å². The largest absolute Gasteiger partial charge is 0.433 e. The molecule has 152 valence electrons. The average molecular weight is 398 g/mol. The van der Waals surface area contributed by atoms with Crippen LogP contribution in [0.5, 0.6) is 0 Å². The van der Waals surface area contributed by atoms with Gasteiger partial charge in [-0.15, -0.1) is 0 Å². The summed E-state index contributed by atoms with van der Waals surface area (Å²) in [5.74, 6) is -0.101. The molecule has 0 bridgehead atoms. The van der Waals surface area contributed by atoms with Crippen LogP contribution in [-0.2, 0) is 12.7 Å². The van der Waals surface area contributed by atoms with Crippen LogP contribution in [0.1, 0.15) is 17.7 Å². The summed E-state index contributed by atoms with van der Waals surface area (Å²) in [5, 5.41) is 16.3. The van der Waals surface area contributed by atoms with Gasteiger partial charge in [0.1, 0.15) is 5.82 Å². The molecule has 2 rings (SSSR count). The van der Waals surface area contributed by atoms with E-state index in [0.29, 0.717) is 12.1 Å². The number of hydrogen-bond donors (Lipinski definition) is 2. The molecule has 0 atom stereocenters. The second-order valence-corrected chi connectivity index (χ2v) is 6.32. The molecule has 0 saturated heterocycles. The van der Waals surface area contributed by atoms with Gasteiger partial charge in [-0.05, 0) is 32.6 Å². The van der Waals surface area contributed by atoms with Crippen molar-refractivity contribution < 1.29 is 18.1 Å². The van der Waals surface area contributed by atoms with Crippen LogP contribution in [-0.4, -0.2) is 47.0 Å². The van der Waals surface area contributed by atoms with Gasteiger partial charge in [-0.2, -0.15) is 18.2 Å². The summed E-state index contributed by atoms with van der Waals surface area (Å²) in [4.78, 5) is 19.7. The molecule has 0 aliphatic carbocycles. The van der Waals surface area contributed by atoms with Crippen molar-refractivity contribution in [2.45, 2.75) is 19.1 Å². The second kappa shape index (κ2) is 9.31. The van der Waals surface area contributed by atoms with Crippen molar-refractivity contribution in [1.82, 2.24) is 14.9 Å². The number of anilines is 2. The molecule has 1 heterocycles. The molecular formula is C17H21F3N6O2. The van der Waals surface area contributed by atoms with Crippen LogP contribution in [0.2, 0.25) is 0 Å². The summed E-state index contributed by atoms with van der Waals surface area (Å²) in [5.41, 5.74) is -0.448. The van der Waals surface area contributed by atoms with E-state index in [1.54, 1.807) is 0 Å². The van der Waals surface area contributed by atoms with Crippen LogP contribution in [0.15, 0.2) is 30.3 Å². The van der Waals surface area contributed by atoms with Crippen LogP contribution >= 0.6 is 0 Å². The highest BCUT2D eigenvalue weighted by molar-refractivity contribution is 5.44. The van der Waals surface area contributed by atoms with Crippen molar-refractivity contribution in [2.75, 3.05) is 37.8 Å². The lowest BCUT2D eigenvalue weighted by Gasteiger charge is -2.13. The zero-order valence-corrected chi connectivity index (χ0v) is 15.5. The maximum absolute atomic E-state index is 13.1. The first kappa shape index (κ1) is 21.4. The maximum Gasteiger partial charge on any atom is 0.433 e. The van der Waals surface area contributed by atoms with E-state index in [0.717, 1.165) is 19.0 Å².